The number of carboxylic acid groups (broad SMARTS) is 2. The minimum atomic E-state index is -1.29. The summed E-state index contributed by atoms with van der Waals surface area (Å²) in [6, 6.07) is 14.0. The highest BCUT2D eigenvalue weighted by Crippen LogP contribution is 2.28. The van der Waals surface area contributed by atoms with E-state index in [2.05, 4.69) is 4.98 Å². The first kappa shape index (κ1) is 18.3. The predicted molar refractivity (Wildman–Crippen MR) is 95.5 cm³/mol. The van der Waals surface area contributed by atoms with E-state index in [1.807, 2.05) is 30.3 Å². The first-order valence-electron chi connectivity index (χ1n) is 8.21. The van der Waals surface area contributed by atoms with E-state index in [1.54, 1.807) is 0 Å². The minimum absolute atomic E-state index is 0.0302. The first-order chi connectivity index (χ1) is 12.9. The fourth-order valence-electron chi connectivity index (χ4n) is 2.70. The van der Waals surface area contributed by atoms with E-state index in [9.17, 15) is 24.2 Å². The van der Waals surface area contributed by atoms with Gasteiger partial charge in [0.15, 0.2) is 11.8 Å². The lowest BCUT2D eigenvalue weighted by molar-refractivity contribution is -0.145. The van der Waals surface area contributed by atoms with Gasteiger partial charge in [0.05, 0.1) is 5.52 Å². The Kier molecular flexibility index (Phi) is 5.30. The van der Waals surface area contributed by atoms with E-state index in [0.717, 1.165) is 23.8 Å². The van der Waals surface area contributed by atoms with Gasteiger partial charge in [0, 0.05) is 11.5 Å². The van der Waals surface area contributed by atoms with Crippen LogP contribution in [0.3, 0.4) is 0 Å². The average Bonchev–Trinajstić information content (AvgIpc) is 2.65. The number of hydrogen-bond acceptors (Lipinski definition) is 4. The zero-order chi connectivity index (χ0) is 19.4. The highest BCUT2D eigenvalue weighted by molar-refractivity contribution is 5.93. The molecule has 1 atom stereocenters. The summed E-state index contributed by atoms with van der Waals surface area (Å²) in [6.07, 6.45) is -0.595. The largest absolute Gasteiger partial charge is 0.479 e. The van der Waals surface area contributed by atoms with Gasteiger partial charge in [0.1, 0.15) is 11.6 Å². The molecule has 2 aromatic carbocycles. The van der Waals surface area contributed by atoms with Gasteiger partial charge in [-0.2, -0.15) is 0 Å². The second-order valence-corrected chi connectivity index (χ2v) is 5.94. The molecule has 0 saturated heterocycles. The topological polar surface area (TPSA) is 96.7 Å². The van der Waals surface area contributed by atoms with Crippen molar-refractivity contribution >= 4 is 22.8 Å². The number of carboxylic acids is 2. The molecular formula is C20H16FNO5. The van der Waals surface area contributed by atoms with Crippen molar-refractivity contribution < 1.29 is 28.9 Å². The third kappa shape index (κ3) is 4.38. The normalized spacial score (nSPS) is 11.9. The molecule has 2 N–H and O–H groups in total. The summed E-state index contributed by atoms with van der Waals surface area (Å²) in [6.45, 7) is 0. The van der Waals surface area contributed by atoms with Crippen LogP contribution in [-0.4, -0.2) is 33.2 Å². The number of hydrogen-bond donors (Lipinski definition) is 2. The molecule has 0 fully saturated rings. The van der Waals surface area contributed by atoms with Crippen LogP contribution in [0.2, 0.25) is 0 Å². The quantitative estimate of drug-likeness (QED) is 0.661. The van der Waals surface area contributed by atoms with Gasteiger partial charge in [0.25, 0.3) is 0 Å². The first-order valence-corrected chi connectivity index (χ1v) is 8.21. The molecule has 6 nitrogen and oxygen atoms in total. The number of aryl methyl sites for hydroxylation is 1. The lowest BCUT2D eigenvalue weighted by Crippen LogP contribution is -2.28. The molecule has 0 amide bonds. The number of aromatic nitrogens is 1. The molecule has 0 spiro atoms. The van der Waals surface area contributed by atoms with Crippen LogP contribution in [0.25, 0.3) is 10.9 Å². The predicted octanol–water partition coefficient (Wildman–Crippen LogP) is 3.54. The molecule has 27 heavy (non-hydrogen) atoms. The van der Waals surface area contributed by atoms with Crippen LogP contribution in [0, 0.1) is 5.82 Å². The maximum atomic E-state index is 13.6. The van der Waals surface area contributed by atoms with Crippen LogP contribution in [-0.2, 0) is 11.2 Å². The minimum Gasteiger partial charge on any atom is -0.479 e. The molecule has 0 aliphatic rings. The highest BCUT2D eigenvalue weighted by atomic mass is 19.1. The molecule has 0 radical (unpaired) electrons. The van der Waals surface area contributed by atoms with Crippen molar-refractivity contribution in [2.75, 3.05) is 0 Å². The van der Waals surface area contributed by atoms with E-state index >= 15 is 0 Å². The van der Waals surface area contributed by atoms with Gasteiger partial charge in [-0.05, 0) is 36.6 Å². The van der Waals surface area contributed by atoms with Gasteiger partial charge < -0.3 is 14.9 Å². The molecule has 3 aromatic rings. The number of carbonyl (C=O) groups is 2. The molecule has 3 rings (SSSR count). The third-order valence-corrected chi connectivity index (χ3v) is 4.03. The second kappa shape index (κ2) is 7.82. The Hall–Kier alpha value is -3.48. The van der Waals surface area contributed by atoms with Crippen LogP contribution in [0.1, 0.15) is 22.5 Å². The number of aliphatic carboxylic acids is 1. The Labute approximate surface area is 153 Å². The zero-order valence-electron chi connectivity index (χ0n) is 14.1. The van der Waals surface area contributed by atoms with Crippen molar-refractivity contribution in [3.8, 4) is 5.75 Å². The summed E-state index contributed by atoms with van der Waals surface area (Å²) in [5, 5.41) is 18.9. The fourth-order valence-corrected chi connectivity index (χ4v) is 2.70. The van der Waals surface area contributed by atoms with E-state index in [4.69, 9.17) is 4.74 Å². The Bertz CT molecular complexity index is 990. The molecular weight excluding hydrogens is 353 g/mol. The van der Waals surface area contributed by atoms with Crippen LogP contribution in [0.15, 0.2) is 54.6 Å². The number of aromatic carboxylic acids is 1. The van der Waals surface area contributed by atoms with Gasteiger partial charge in [-0.25, -0.2) is 19.0 Å². The zero-order valence-corrected chi connectivity index (χ0v) is 14.1. The van der Waals surface area contributed by atoms with Gasteiger partial charge in [-0.15, -0.1) is 0 Å². The van der Waals surface area contributed by atoms with E-state index < -0.39 is 23.9 Å². The average molecular weight is 369 g/mol. The SMILES string of the molecule is O=C(O)c1cc(OC(CCc2ccccc2)C(=O)O)c2cc(F)ccc2n1. The van der Waals surface area contributed by atoms with E-state index in [-0.39, 0.29) is 28.8 Å². The molecule has 0 aliphatic heterocycles. The third-order valence-electron chi connectivity index (χ3n) is 4.03. The maximum Gasteiger partial charge on any atom is 0.354 e. The molecule has 1 aromatic heterocycles. The smallest absolute Gasteiger partial charge is 0.354 e. The second-order valence-electron chi connectivity index (χ2n) is 5.94. The number of benzene rings is 2. The maximum absolute atomic E-state index is 13.6. The number of rotatable bonds is 7. The van der Waals surface area contributed by atoms with Crippen molar-refractivity contribution in [1.82, 2.24) is 4.98 Å². The van der Waals surface area contributed by atoms with Crippen molar-refractivity contribution in [2.24, 2.45) is 0 Å². The summed E-state index contributed by atoms with van der Waals surface area (Å²) in [7, 11) is 0. The van der Waals surface area contributed by atoms with Gasteiger partial charge >= 0.3 is 11.9 Å². The summed E-state index contributed by atoms with van der Waals surface area (Å²) in [5.74, 6) is -3.07. The molecule has 0 aliphatic carbocycles. The Balaban J connectivity index is 1.92. The lowest BCUT2D eigenvalue weighted by atomic mass is 10.1. The van der Waals surface area contributed by atoms with Crippen molar-refractivity contribution in [3.05, 3.63) is 71.7 Å². The van der Waals surface area contributed by atoms with Crippen LogP contribution < -0.4 is 4.74 Å². The molecule has 7 heteroatoms. The van der Waals surface area contributed by atoms with E-state index in [0.29, 0.717) is 6.42 Å². The van der Waals surface area contributed by atoms with Crippen molar-refractivity contribution in [1.29, 1.82) is 0 Å². The monoisotopic (exact) mass is 369 g/mol. The molecule has 1 unspecified atom stereocenters. The number of fused-ring (bicyclic) bond motifs is 1. The van der Waals surface area contributed by atoms with Crippen molar-refractivity contribution in [2.45, 2.75) is 18.9 Å². The number of pyridine rings is 1. The number of halogens is 1. The Morgan fingerprint density at radius 2 is 1.81 bits per heavy atom. The van der Waals surface area contributed by atoms with Gasteiger partial charge in [0.2, 0.25) is 0 Å². The Morgan fingerprint density at radius 1 is 1.07 bits per heavy atom. The number of ether oxygens (including phenoxy) is 1. The summed E-state index contributed by atoms with van der Waals surface area (Å²) in [4.78, 5) is 26.8. The fraction of sp³-hybridized carbons (Fsp3) is 0.150. The highest BCUT2D eigenvalue weighted by Gasteiger charge is 2.22. The molecule has 1 heterocycles. The molecule has 0 bridgehead atoms. The lowest BCUT2D eigenvalue weighted by Gasteiger charge is -2.17. The summed E-state index contributed by atoms with van der Waals surface area (Å²) in [5.41, 5.74) is 0.846. The van der Waals surface area contributed by atoms with Crippen LogP contribution in [0.4, 0.5) is 4.39 Å². The summed E-state index contributed by atoms with van der Waals surface area (Å²) >= 11 is 0. The van der Waals surface area contributed by atoms with Crippen LogP contribution in [0.5, 0.6) is 5.75 Å². The molecule has 0 saturated carbocycles. The number of nitrogens with zero attached hydrogens (tertiary/aromatic N) is 1. The molecule has 138 valence electrons. The van der Waals surface area contributed by atoms with Gasteiger partial charge in [-0.3, -0.25) is 0 Å². The summed E-state index contributed by atoms with van der Waals surface area (Å²) < 4.78 is 19.2. The standard InChI is InChI=1S/C20H16FNO5/c21-13-7-8-15-14(10-13)18(11-16(22-15)19(23)24)27-17(20(25)26)9-6-12-4-2-1-3-5-12/h1-5,7-8,10-11,17H,6,9H2,(H,23,24)(H,25,26). The Morgan fingerprint density at radius 3 is 2.48 bits per heavy atom. The van der Waals surface area contributed by atoms with Crippen molar-refractivity contribution in [3.63, 3.8) is 0 Å². The van der Waals surface area contributed by atoms with Crippen LogP contribution >= 0.6 is 0 Å². The van der Waals surface area contributed by atoms with Gasteiger partial charge in [-0.1, -0.05) is 30.3 Å². The van der Waals surface area contributed by atoms with E-state index in [1.165, 1.54) is 6.07 Å².